The largest absolute Gasteiger partial charge is 0.480 e. The zero-order valence-corrected chi connectivity index (χ0v) is 25.8. The lowest BCUT2D eigenvalue weighted by molar-refractivity contribution is -0.141. The average Bonchev–Trinajstić information content (AvgIpc) is 3.82. The molecular weight excluding hydrogens is 597 g/mol. The molecular formula is C33H33F3N8O2. The van der Waals surface area contributed by atoms with Gasteiger partial charge in [0.15, 0.2) is 11.5 Å². The summed E-state index contributed by atoms with van der Waals surface area (Å²) in [6.07, 6.45) is 2.46. The summed E-state index contributed by atoms with van der Waals surface area (Å²) in [5.74, 6) is 1.16. The number of rotatable bonds is 7. The highest BCUT2D eigenvalue weighted by Crippen LogP contribution is 2.45. The summed E-state index contributed by atoms with van der Waals surface area (Å²) in [7, 11) is 3.63. The van der Waals surface area contributed by atoms with E-state index in [0.717, 1.165) is 67.0 Å². The van der Waals surface area contributed by atoms with Crippen LogP contribution >= 0.6 is 0 Å². The van der Waals surface area contributed by atoms with Crippen molar-refractivity contribution in [1.29, 1.82) is 0 Å². The topological polar surface area (TPSA) is 104 Å². The molecule has 2 aliphatic rings. The van der Waals surface area contributed by atoms with Crippen LogP contribution in [0.4, 0.5) is 13.2 Å². The standard InChI is InChI=1S/C33H33F3N8O2/c1-19-14-26(33(34,35)36)41-44(19)24-8-4-20(5-9-24)17-43-30-23(15-25(32(43)45)21-10-12-42(2)13-11-21)16-37-29(40-30)27-28(22-6-7-22)38-18-39-31(27)46-3/h4-5,8-9,14-16,18,21-22H,6-7,10-13,17H2,1-3H3. The fraction of sp³-hybridized carbons (Fsp3) is 0.394. The van der Waals surface area contributed by atoms with Gasteiger partial charge in [-0.3, -0.25) is 9.36 Å². The van der Waals surface area contributed by atoms with Crippen molar-refractivity contribution in [2.75, 3.05) is 27.2 Å². The first-order chi connectivity index (χ1) is 22.1. The number of halogens is 3. The van der Waals surface area contributed by atoms with E-state index in [9.17, 15) is 18.0 Å². The number of alkyl halides is 3. The van der Waals surface area contributed by atoms with Gasteiger partial charge in [-0.25, -0.2) is 24.6 Å². The fourth-order valence-corrected chi connectivity index (χ4v) is 6.27. The van der Waals surface area contributed by atoms with E-state index in [1.54, 1.807) is 49.1 Å². The molecule has 5 heterocycles. The number of piperidine rings is 1. The first-order valence-electron chi connectivity index (χ1n) is 15.3. The summed E-state index contributed by atoms with van der Waals surface area (Å²) in [6.45, 7) is 3.59. The van der Waals surface area contributed by atoms with E-state index in [4.69, 9.17) is 14.7 Å². The number of aromatic nitrogens is 7. The van der Waals surface area contributed by atoms with Crippen LogP contribution < -0.4 is 10.3 Å². The third-order valence-corrected chi connectivity index (χ3v) is 8.94. The molecule has 1 saturated carbocycles. The zero-order valence-electron chi connectivity index (χ0n) is 25.8. The van der Waals surface area contributed by atoms with Gasteiger partial charge >= 0.3 is 6.18 Å². The third kappa shape index (κ3) is 5.63. The Labute approximate surface area is 262 Å². The van der Waals surface area contributed by atoms with Crippen molar-refractivity contribution in [3.8, 4) is 23.0 Å². The van der Waals surface area contributed by atoms with Crippen LogP contribution in [0.25, 0.3) is 28.1 Å². The Kier molecular flexibility index (Phi) is 7.58. The number of ether oxygens (including phenoxy) is 1. The molecule has 0 radical (unpaired) electrons. The number of methoxy groups -OCH3 is 1. The van der Waals surface area contributed by atoms with E-state index < -0.39 is 11.9 Å². The Morgan fingerprint density at radius 2 is 1.72 bits per heavy atom. The van der Waals surface area contributed by atoms with E-state index in [1.165, 1.54) is 11.0 Å². The van der Waals surface area contributed by atoms with Crippen molar-refractivity contribution in [2.24, 2.45) is 0 Å². The number of benzene rings is 1. The monoisotopic (exact) mass is 630 g/mol. The highest BCUT2D eigenvalue weighted by molar-refractivity contribution is 5.79. The molecule has 7 rings (SSSR count). The molecule has 0 N–H and O–H groups in total. The second kappa shape index (κ2) is 11.6. The van der Waals surface area contributed by atoms with Gasteiger partial charge in [0.2, 0.25) is 5.88 Å². The van der Waals surface area contributed by atoms with E-state index in [-0.39, 0.29) is 23.9 Å². The number of hydrogen-bond donors (Lipinski definition) is 0. The Morgan fingerprint density at radius 3 is 2.37 bits per heavy atom. The van der Waals surface area contributed by atoms with Crippen LogP contribution in [0.5, 0.6) is 5.88 Å². The van der Waals surface area contributed by atoms with Gasteiger partial charge in [-0.15, -0.1) is 0 Å². The maximum Gasteiger partial charge on any atom is 0.435 e. The van der Waals surface area contributed by atoms with Crippen molar-refractivity contribution in [2.45, 2.75) is 57.2 Å². The molecule has 2 fully saturated rings. The van der Waals surface area contributed by atoms with Crippen LogP contribution in [-0.2, 0) is 12.7 Å². The molecule has 5 aromatic rings. The lowest BCUT2D eigenvalue weighted by Crippen LogP contribution is -2.33. The zero-order chi connectivity index (χ0) is 32.2. The number of nitrogens with zero attached hydrogens (tertiary/aromatic N) is 8. The Hall–Kier alpha value is -4.65. The van der Waals surface area contributed by atoms with E-state index in [2.05, 4.69) is 27.0 Å². The lowest BCUT2D eigenvalue weighted by atomic mass is 9.90. The van der Waals surface area contributed by atoms with E-state index >= 15 is 0 Å². The Morgan fingerprint density at radius 1 is 0.978 bits per heavy atom. The van der Waals surface area contributed by atoms with Crippen molar-refractivity contribution in [3.05, 3.63) is 87.5 Å². The second-order valence-corrected chi connectivity index (χ2v) is 12.2. The summed E-state index contributed by atoms with van der Waals surface area (Å²) in [4.78, 5) is 35.1. The van der Waals surface area contributed by atoms with Crippen LogP contribution in [0.3, 0.4) is 0 Å². The van der Waals surface area contributed by atoms with Crippen molar-refractivity contribution >= 4 is 11.0 Å². The van der Waals surface area contributed by atoms with Crippen LogP contribution in [0.1, 0.15) is 65.7 Å². The fourth-order valence-electron chi connectivity index (χ4n) is 6.27. The Balaban J connectivity index is 1.32. The summed E-state index contributed by atoms with van der Waals surface area (Å²) >= 11 is 0. The molecule has 0 bridgehead atoms. The van der Waals surface area contributed by atoms with Gasteiger partial charge < -0.3 is 9.64 Å². The minimum absolute atomic E-state index is 0.108. The summed E-state index contributed by atoms with van der Waals surface area (Å²) in [6, 6.07) is 9.95. The molecule has 4 aromatic heterocycles. The molecule has 1 aromatic carbocycles. The molecule has 1 saturated heterocycles. The molecule has 10 nitrogen and oxygen atoms in total. The summed E-state index contributed by atoms with van der Waals surface area (Å²) in [5, 5.41) is 4.50. The first-order valence-corrected chi connectivity index (χ1v) is 15.3. The van der Waals surface area contributed by atoms with Gasteiger partial charge in [-0.2, -0.15) is 18.3 Å². The van der Waals surface area contributed by atoms with Gasteiger partial charge in [0.1, 0.15) is 17.5 Å². The lowest BCUT2D eigenvalue weighted by Gasteiger charge is -2.29. The highest BCUT2D eigenvalue weighted by Gasteiger charge is 2.35. The van der Waals surface area contributed by atoms with Gasteiger partial charge in [-0.1, -0.05) is 12.1 Å². The van der Waals surface area contributed by atoms with E-state index in [1.807, 2.05) is 6.07 Å². The van der Waals surface area contributed by atoms with Gasteiger partial charge in [0.05, 0.1) is 25.0 Å². The normalized spacial score (nSPS) is 16.3. The first kappa shape index (κ1) is 30.0. The third-order valence-electron chi connectivity index (χ3n) is 8.94. The average molecular weight is 631 g/mol. The molecule has 0 atom stereocenters. The van der Waals surface area contributed by atoms with Crippen LogP contribution in [0.15, 0.2) is 53.7 Å². The second-order valence-electron chi connectivity index (χ2n) is 12.2. The van der Waals surface area contributed by atoms with Gasteiger partial charge in [0, 0.05) is 28.8 Å². The molecule has 1 aliphatic heterocycles. The predicted octanol–water partition coefficient (Wildman–Crippen LogP) is 5.50. The van der Waals surface area contributed by atoms with Crippen LogP contribution in [0.2, 0.25) is 0 Å². The SMILES string of the molecule is COc1ncnc(C2CC2)c1-c1ncc2cc(C3CCN(C)CC3)c(=O)n(Cc3ccc(-n4nc(C(F)(F)F)cc4C)cc3)c2n1. The number of hydrogen-bond acceptors (Lipinski definition) is 8. The highest BCUT2D eigenvalue weighted by atomic mass is 19.4. The number of likely N-dealkylation sites (tertiary alicyclic amines) is 1. The number of aryl methyl sites for hydroxylation is 1. The van der Waals surface area contributed by atoms with Crippen molar-refractivity contribution in [3.63, 3.8) is 0 Å². The van der Waals surface area contributed by atoms with E-state index in [0.29, 0.717) is 34.3 Å². The van der Waals surface area contributed by atoms with Crippen molar-refractivity contribution < 1.29 is 17.9 Å². The van der Waals surface area contributed by atoms with Gasteiger partial charge in [-0.05, 0) is 88.5 Å². The molecule has 0 amide bonds. The quantitative estimate of drug-likeness (QED) is 0.232. The molecule has 0 spiro atoms. The molecule has 13 heteroatoms. The van der Waals surface area contributed by atoms with Crippen molar-refractivity contribution in [1.82, 2.24) is 39.2 Å². The maximum absolute atomic E-state index is 14.3. The Bertz CT molecular complexity index is 1970. The maximum atomic E-state index is 14.3. The summed E-state index contributed by atoms with van der Waals surface area (Å²) in [5.41, 5.74) is 3.25. The molecule has 1 aliphatic carbocycles. The summed E-state index contributed by atoms with van der Waals surface area (Å²) < 4.78 is 48.3. The number of fused-ring (bicyclic) bond motifs is 1. The minimum Gasteiger partial charge on any atom is -0.480 e. The number of pyridine rings is 1. The predicted molar refractivity (Wildman–Crippen MR) is 165 cm³/mol. The minimum atomic E-state index is -4.53. The molecule has 46 heavy (non-hydrogen) atoms. The molecule has 0 unspecified atom stereocenters. The molecule has 238 valence electrons. The van der Waals surface area contributed by atoms with Crippen LogP contribution in [0, 0.1) is 6.92 Å². The van der Waals surface area contributed by atoms with Gasteiger partial charge in [0.25, 0.3) is 5.56 Å². The smallest absolute Gasteiger partial charge is 0.435 e. The van der Waals surface area contributed by atoms with Crippen LogP contribution in [-0.4, -0.2) is 66.4 Å².